The van der Waals surface area contributed by atoms with Gasteiger partial charge >= 0.3 is 0 Å². The predicted octanol–water partition coefficient (Wildman–Crippen LogP) is 1.73. The summed E-state index contributed by atoms with van der Waals surface area (Å²) in [7, 11) is 0. The molecular weight excluding hydrogens is 170 g/mol. The van der Waals surface area contributed by atoms with E-state index in [4.69, 9.17) is 0 Å². The van der Waals surface area contributed by atoms with Crippen molar-refractivity contribution in [3.8, 4) is 0 Å². The third-order valence-corrected chi connectivity index (χ3v) is 1.73. The number of thiol groups is 1. The Hall–Kier alpha value is -0.440. The van der Waals surface area contributed by atoms with Crippen molar-refractivity contribution in [3.63, 3.8) is 0 Å². The molecule has 0 aliphatic rings. The van der Waals surface area contributed by atoms with Crippen molar-refractivity contribution in [1.29, 1.82) is 0 Å². The van der Waals surface area contributed by atoms with E-state index in [1.54, 1.807) is 11.8 Å². The quantitative estimate of drug-likeness (QED) is 0.525. The van der Waals surface area contributed by atoms with Crippen LogP contribution in [0.4, 0.5) is 0 Å². The van der Waals surface area contributed by atoms with Crippen LogP contribution in [0.1, 0.15) is 20.8 Å². The molecule has 1 unspecified atom stereocenters. The van der Waals surface area contributed by atoms with Crippen LogP contribution in [0.15, 0.2) is 12.2 Å². The molecule has 0 bridgehead atoms. The van der Waals surface area contributed by atoms with E-state index < -0.39 is 0 Å². The Morgan fingerprint density at radius 2 is 2.17 bits per heavy atom. The maximum atomic E-state index is 11.4. The molecule has 0 aromatic heterocycles. The summed E-state index contributed by atoms with van der Waals surface area (Å²) in [6.07, 6.45) is 0. The van der Waals surface area contributed by atoms with Gasteiger partial charge in [0.05, 0.1) is 5.25 Å². The highest BCUT2D eigenvalue weighted by atomic mass is 32.1. The summed E-state index contributed by atoms with van der Waals surface area (Å²) in [4.78, 5) is 13.2. The maximum absolute atomic E-state index is 11.4. The summed E-state index contributed by atoms with van der Waals surface area (Å²) in [5.41, 5.74) is 0.999. The van der Waals surface area contributed by atoms with Crippen LogP contribution >= 0.6 is 12.6 Å². The lowest BCUT2D eigenvalue weighted by atomic mass is 10.3. The minimum Gasteiger partial charge on any atom is -0.338 e. The van der Waals surface area contributed by atoms with Gasteiger partial charge in [0.1, 0.15) is 0 Å². The third-order valence-electron chi connectivity index (χ3n) is 1.51. The van der Waals surface area contributed by atoms with Crippen LogP contribution < -0.4 is 0 Å². The Kier molecular flexibility index (Phi) is 5.06. The zero-order chi connectivity index (χ0) is 9.72. The van der Waals surface area contributed by atoms with Crippen molar-refractivity contribution in [1.82, 2.24) is 4.90 Å². The number of carbonyl (C=O) groups excluding carboxylic acids is 1. The molecule has 0 spiro atoms. The van der Waals surface area contributed by atoms with E-state index in [1.807, 2.05) is 13.8 Å². The van der Waals surface area contributed by atoms with E-state index in [0.717, 1.165) is 12.1 Å². The largest absolute Gasteiger partial charge is 0.338 e. The molecule has 2 nitrogen and oxygen atoms in total. The fraction of sp³-hybridized carbons (Fsp3) is 0.667. The van der Waals surface area contributed by atoms with Gasteiger partial charge < -0.3 is 4.90 Å². The molecule has 3 heteroatoms. The zero-order valence-electron chi connectivity index (χ0n) is 8.00. The van der Waals surface area contributed by atoms with Crippen molar-refractivity contribution >= 4 is 18.5 Å². The lowest BCUT2D eigenvalue weighted by Crippen LogP contribution is -2.36. The Labute approximate surface area is 80.0 Å². The topological polar surface area (TPSA) is 20.3 Å². The molecule has 0 N–H and O–H groups in total. The average Bonchev–Trinajstić information content (AvgIpc) is 1.98. The van der Waals surface area contributed by atoms with Gasteiger partial charge in [0.25, 0.3) is 0 Å². The van der Waals surface area contributed by atoms with Gasteiger partial charge in [-0.05, 0) is 20.8 Å². The Bertz CT molecular complexity index is 177. The first-order chi connectivity index (χ1) is 5.49. The van der Waals surface area contributed by atoms with Crippen molar-refractivity contribution in [2.24, 2.45) is 0 Å². The molecule has 1 atom stereocenters. The van der Waals surface area contributed by atoms with Gasteiger partial charge in [-0.3, -0.25) is 4.79 Å². The van der Waals surface area contributed by atoms with E-state index in [2.05, 4.69) is 19.2 Å². The first-order valence-electron chi connectivity index (χ1n) is 4.10. The molecule has 1 amide bonds. The number of rotatable bonds is 4. The van der Waals surface area contributed by atoms with Crippen molar-refractivity contribution < 1.29 is 4.79 Å². The van der Waals surface area contributed by atoms with Crippen LogP contribution in [0.25, 0.3) is 0 Å². The second-order valence-corrected chi connectivity index (χ2v) is 3.76. The number of hydrogen-bond acceptors (Lipinski definition) is 2. The molecule has 0 aliphatic carbocycles. The minimum atomic E-state index is -0.218. The summed E-state index contributed by atoms with van der Waals surface area (Å²) >= 11 is 4.09. The standard InChI is InChI=1S/C9H17NOS/c1-5-10(6-7(2)3)9(11)8(4)12/h8,12H,2,5-6H2,1,3-4H3. The summed E-state index contributed by atoms with van der Waals surface area (Å²) in [6.45, 7) is 10.8. The predicted molar refractivity (Wildman–Crippen MR) is 55.5 cm³/mol. The molecule has 0 saturated carbocycles. The highest BCUT2D eigenvalue weighted by molar-refractivity contribution is 7.81. The van der Waals surface area contributed by atoms with E-state index in [-0.39, 0.29) is 11.2 Å². The molecule has 0 aromatic rings. The van der Waals surface area contributed by atoms with Gasteiger partial charge in [-0.25, -0.2) is 0 Å². The van der Waals surface area contributed by atoms with E-state index in [1.165, 1.54) is 0 Å². The molecule has 0 rings (SSSR count). The molecule has 0 aliphatic heterocycles. The number of amides is 1. The van der Waals surface area contributed by atoms with E-state index in [9.17, 15) is 4.79 Å². The van der Waals surface area contributed by atoms with Gasteiger partial charge in [-0.2, -0.15) is 12.6 Å². The monoisotopic (exact) mass is 187 g/mol. The van der Waals surface area contributed by atoms with E-state index >= 15 is 0 Å². The van der Waals surface area contributed by atoms with E-state index in [0.29, 0.717) is 6.54 Å². The van der Waals surface area contributed by atoms with Gasteiger partial charge in [0.15, 0.2) is 0 Å². The molecule has 0 radical (unpaired) electrons. The molecule has 70 valence electrons. The summed E-state index contributed by atoms with van der Waals surface area (Å²) in [5.74, 6) is 0.0730. The van der Waals surface area contributed by atoms with Crippen LogP contribution in [0.5, 0.6) is 0 Å². The normalized spacial score (nSPS) is 12.3. The van der Waals surface area contributed by atoms with Gasteiger partial charge in [-0.1, -0.05) is 12.2 Å². The highest BCUT2D eigenvalue weighted by Crippen LogP contribution is 2.03. The number of hydrogen-bond donors (Lipinski definition) is 1. The molecule has 0 heterocycles. The van der Waals surface area contributed by atoms with Crippen molar-refractivity contribution in [2.75, 3.05) is 13.1 Å². The summed E-state index contributed by atoms with van der Waals surface area (Å²) in [6, 6.07) is 0. The SMILES string of the molecule is C=C(C)CN(CC)C(=O)C(C)S. The van der Waals surface area contributed by atoms with Gasteiger partial charge in [-0.15, -0.1) is 0 Å². The number of nitrogens with zero attached hydrogens (tertiary/aromatic N) is 1. The second kappa shape index (κ2) is 5.25. The first-order valence-corrected chi connectivity index (χ1v) is 4.62. The van der Waals surface area contributed by atoms with Crippen LogP contribution in [0.2, 0.25) is 0 Å². The second-order valence-electron chi connectivity index (χ2n) is 2.99. The van der Waals surface area contributed by atoms with Crippen LogP contribution in [-0.2, 0) is 4.79 Å². The Morgan fingerprint density at radius 1 is 1.67 bits per heavy atom. The lowest BCUT2D eigenvalue weighted by molar-refractivity contribution is -0.129. The number of likely N-dealkylation sites (N-methyl/N-ethyl adjacent to an activating group) is 1. The van der Waals surface area contributed by atoms with Crippen LogP contribution in [0, 0.1) is 0 Å². The van der Waals surface area contributed by atoms with Crippen molar-refractivity contribution in [2.45, 2.75) is 26.0 Å². The Balaban J connectivity index is 4.15. The van der Waals surface area contributed by atoms with Crippen LogP contribution in [-0.4, -0.2) is 29.1 Å². The lowest BCUT2D eigenvalue weighted by Gasteiger charge is -2.22. The average molecular weight is 187 g/mol. The van der Waals surface area contributed by atoms with Crippen molar-refractivity contribution in [3.05, 3.63) is 12.2 Å². The summed E-state index contributed by atoms with van der Waals surface area (Å²) in [5, 5.41) is -0.218. The van der Waals surface area contributed by atoms with Gasteiger partial charge in [0.2, 0.25) is 5.91 Å². The maximum Gasteiger partial charge on any atom is 0.235 e. The fourth-order valence-corrected chi connectivity index (χ4v) is 1.10. The third kappa shape index (κ3) is 3.81. The molecule has 0 aromatic carbocycles. The molecule has 12 heavy (non-hydrogen) atoms. The highest BCUT2D eigenvalue weighted by Gasteiger charge is 2.15. The number of carbonyl (C=O) groups is 1. The minimum absolute atomic E-state index is 0.0730. The molecule has 0 fully saturated rings. The first kappa shape index (κ1) is 11.6. The molecule has 0 saturated heterocycles. The summed E-state index contributed by atoms with van der Waals surface area (Å²) < 4.78 is 0. The van der Waals surface area contributed by atoms with Gasteiger partial charge in [0, 0.05) is 13.1 Å². The smallest absolute Gasteiger partial charge is 0.235 e. The van der Waals surface area contributed by atoms with Crippen LogP contribution in [0.3, 0.4) is 0 Å². The fourth-order valence-electron chi connectivity index (χ4n) is 0.936. The molecular formula is C9H17NOS. The zero-order valence-corrected chi connectivity index (χ0v) is 8.90. The Morgan fingerprint density at radius 3 is 2.42 bits per heavy atom.